The number of thiocarbonyl (C=S) groups is 1. The van der Waals surface area contributed by atoms with Gasteiger partial charge in [-0.05, 0) is 55.7 Å². The Bertz CT molecular complexity index is 828. The van der Waals surface area contributed by atoms with E-state index in [9.17, 15) is 13.2 Å². The molecule has 0 bridgehead atoms. The Hall–Kier alpha value is -1.79. The van der Waals surface area contributed by atoms with Crippen molar-refractivity contribution in [3.63, 3.8) is 0 Å². The molecule has 1 aliphatic carbocycles. The fourth-order valence-corrected chi connectivity index (χ4v) is 4.07. The van der Waals surface area contributed by atoms with Crippen LogP contribution in [-0.2, 0) is 11.7 Å². The lowest BCUT2D eigenvalue weighted by atomic mass is 9.88. The molecule has 2 aromatic carbocycles. The summed E-state index contributed by atoms with van der Waals surface area (Å²) in [5.74, 6) is 0. The molecular formula is C20H20ClF3N2S. The van der Waals surface area contributed by atoms with Crippen LogP contribution in [0.1, 0.15) is 42.4 Å². The summed E-state index contributed by atoms with van der Waals surface area (Å²) >= 11 is 11.1. The van der Waals surface area contributed by atoms with Gasteiger partial charge < -0.3 is 10.6 Å². The van der Waals surface area contributed by atoms with Gasteiger partial charge in [-0.2, -0.15) is 13.2 Å². The molecule has 27 heavy (non-hydrogen) atoms. The summed E-state index contributed by atoms with van der Waals surface area (Å²) in [5.41, 5.74) is 1.39. The van der Waals surface area contributed by atoms with Crippen LogP contribution >= 0.6 is 23.8 Å². The van der Waals surface area contributed by atoms with Gasteiger partial charge in [0.2, 0.25) is 0 Å². The minimum Gasteiger partial charge on any atom is -0.353 e. The van der Waals surface area contributed by atoms with E-state index in [1.165, 1.54) is 17.7 Å². The number of halogens is 4. The van der Waals surface area contributed by atoms with Gasteiger partial charge >= 0.3 is 6.18 Å². The Morgan fingerprint density at radius 2 is 1.70 bits per heavy atom. The van der Waals surface area contributed by atoms with Crippen molar-refractivity contribution < 1.29 is 13.2 Å². The minimum absolute atomic E-state index is 0.251. The van der Waals surface area contributed by atoms with Crippen LogP contribution in [0.2, 0.25) is 5.02 Å². The van der Waals surface area contributed by atoms with Crippen LogP contribution in [0.4, 0.5) is 18.9 Å². The molecule has 0 amide bonds. The van der Waals surface area contributed by atoms with Crippen molar-refractivity contribution >= 4 is 34.6 Å². The number of hydrogen-bond donors (Lipinski definition) is 2. The zero-order chi connectivity index (χ0) is 19.7. The van der Waals surface area contributed by atoms with Crippen molar-refractivity contribution in [1.82, 2.24) is 5.32 Å². The van der Waals surface area contributed by atoms with Crippen LogP contribution < -0.4 is 10.6 Å². The zero-order valence-electron chi connectivity index (χ0n) is 14.8. The van der Waals surface area contributed by atoms with E-state index in [4.69, 9.17) is 23.8 Å². The van der Waals surface area contributed by atoms with E-state index in [0.717, 1.165) is 37.3 Å². The first-order valence-corrected chi connectivity index (χ1v) is 9.51. The van der Waals surface area contributed by atoms with Crippen molar-refractivity contribution in [3.05, 3.63) is 64.2 Å². The van der Waals surface area contributed by atoms with Gasteiger partial charge in [-0.3, -0.25) is 0 Å². The van der Waals surface area contributed by atoms with E-state index in [2.05, 4.69) is 34.9 Å². The van der Waals surface area contributed by atoms with Crippen molar-refractivity contribution in [3.8, 4) is 0 Å². The molecule has 3 rings (SSSR count). The van der Waals surface area contributed by atoms with Gasteiger partial charge in [-0.25, -0.2) is 0 Å². The molecule has 2 aromatic rings. The monoisotopic (exact) mass is 412 g/mol. The molecule has 7 heteroatoms. The van der Waals surface area contributed by atoms with Crippen molar-refractivity contribution in [2.45, 2.75) is 44.3 Å². The summed E-state index contributed by atoms with van der Waals surface area (Å²) in [5, 5.41) is 6.20. The third-order valence-electron chi connectivity index (χ3n) is 4.94. The van der Waals surface area contributed by atoms with E-state index >= 15 is 0 Å². The largest absolute Gasteiger partial charge is 0.417 e. The average Bonchev–Trinajstić information content (AvgIpc) is 3.05. The van der Waals surface area contributed by atoms with Gasteiger partial charge in [-0.1, -0.05) is 54.3 Å². The Labute approximate surface area is 167 Å². The Morgan fingerprint density at radius 3 is 2.30 bits per heavy atom. The number of alkyl halides is 3. The zero-order valence-corrected chi connectivity index (χ0v) is 16.4. The topological polar surface area (TPSA) is 24.1 Å². The van der Waals surface area contributed by atoms with Crippen molar-refractivity contribution in [2.24, 2.45) is 0 Å². The van der Waals surface area contributed by atoms with Gasteiger partial charge in [0.05, 0.1) is 16.1 Å². The molecule has 0 radical (unpaired) electrons. The molecule has 1 fully saturated rings. The molecule has 2 nitrogen and oxygen atoms in total. The lowest BCUT2D eigenvalue weighted by Gasteiger charge is -2.32. The summed E-state index contributed by atoms with van der Waals surface area (Å²) in [6, 6.07) is 12.0. The molecule has 1 saturated carbocycles. The first kappa shape index (κ1) is 20.0. The van der Waals surface area contributed by atoms with E-state index in [1.807, 2.05) is 6.92 Å². The second-order valence-corrected chi connectivity index (χ2v) is 7.74. The molecule has 144 valence electrons. The third-order valence-corrected chi connectivity index (χ3v) is 5.48. The minimum atomic E-state index is -4.52. The first-order chi connectivity index (χ1) is 12.7. The number of nitrogens with one attached hydrogen (secondary N) is 2. The van der Waals surface area contributed by atoms with Crippen LogP contribution in [-0.4, -0.2) is 5.11 Å². The average molecular weight is 413 g/mol. The highest BCUT2D eigenvalue weighted by Gasteiger charge is 2.36. The fraction of sp³-hybridized carbons (Fsp3) is 0.350. The number of hydrogen-bond acceptors (Lipinski definition) is 1. The molecule has 0 heterocycles. The highest BCUT2D eigenvalue weighted by molar-refractivity contribution is 7.80. The lowest BCUT2D eigenvalue weighted by Crippen LogP contribution is -2.45. The second-order valence-electron chi connectivity index (χ2n) is 6.93. The van der Waals surface area contributed by atoms with E-state index < -0.39 is 11.7 Å². The number of benzene rings is 2. The smallest absolute Gasteiger partial charge is 0.353 e. The summed E-state index contributed by atoms with van der Waals surface area (Å²) in [6.07, 6.45) is -0.525. The molecule has 0 aliphatic heterocycles. The predicted octanol–water partition coefficient (Wildman–Crippen LogP) is 6.42. The second kappa shape index (κ2) is 7.68. The fourth-order valence-electron chi connectivity index (χ4n) is 3.54. The Balaban J connectivity index is 1.79. The van der Waals surface area contributed by atoms with Gasteiger partial charge in [0.15, 0.2) is 5.11 Å². The standard InChI is InChI=1S/C20H20ClF3N2S/c1-13-4-6-14(7-5-13)19(10-2-3-11-19)26-18(27)25-15-8-9-17(21)16(12-15)20(22,23)24/h4-9,12H,2-3,10-11H2,1H3,(H2,25,26,27). The Kier molecular flexibility index (Phi) is 5.68. The normalized spacial score (nSPS) is 16.2. The summed E-state index contributed by atoms with van der Waals surface area (Å²) in [6.45, 7) is 2.03. The van der Waals surface area contributed by atoms with Gasteiger partial charge in [0, 0.05) is 5.69 Å². The van der Waals surface area contributed by atoms with Gasteiger partial charge in [0.25, 0.3) is 0 Å². The predicted molar refractivity (Wildman–Crippen MR) is 107 cm³/mol. The van der Waals surface area contributed by atoms with E-state index in [1.54, 1.807) is 0 Å². The highest BCUT2D eigenvalue weighted by Crippen LogP contribution is 2.39. The van der Waals surface area contributed by atoms with Gasteiger partial charge in [-0.15, -0.1) is 0 Å². The van der Waals surface area contributed by atoms with Crippen LogP contribution in [0.15, 0.2) is 42.5 Å². The SMILES string of the molecule is Cc1ccc(C2(NC(=S)Nc3ccc(Cl)c(C(F)(F)F)c3)CCCC2)cc1. The molecule has 0 unspecified atom stereocenters. The number of aryl methyl sites for hydroxylation is 1. The highest BCUT2D eigenvalue weighted by atomic mass is 35.5. The first-order valence-electron chi connectivity index (χ1n) is 8.73. The Morgan fingerprint density at radius 1 is 1.07 bits per heavy atom. The number of anilines is 1. The third kappa shape index (κ3) is 4.55. The van der Waals surface area contributed by atoms with Crippen molar-refractivity contribution in [2.75, 3.05) is 5.32 Å². The van der Waals surface area contributed by atoms with Crippen LogP contribution in [0.25, 0.3) is 0 Å². The summed E-state index contributed by atoms with van der Waals surface area (Å²) < 4.78 is 39.1. The van der Waals surface area contributed by atoms with Crippen LogP contribution in [0.3, 0.4) is 0 Å². The molecule has 0 atom stereocenters. The molecule has 1 aliphatic rings. The molecule has 0 saturated heterocycles. The molecule has 2 N–H and O–H groups in total. The van der Waals surface area contributed by atoms with E-state index in [0.29, 0.717) is 5.11 Å². The maximum Gasteiger partial charge on any atom is 0.417 e. The summed E-state index contributed by atoms with van der Waals surface area (Å²) in [7, 11) is 0. The summed E-state index contributed by atoms with van der Waals surface area (Å²) in [4.78, 5) is 0. The van der Waals surface area contributed by atoms with E-state index in [-0.39, 0.29) is 16.2 Å². The van der Waals surface area contributed by atoms with Crippen LogP contribution in [0, 0.1) is 6.92 Å². The quantitative estimate of drug-likeness (QED) is 0.568. The van der Waals surface area contributed by atoms with Gasteiger partial charge in [0.1, 0.15) is 0 Å². The maximum atomic E-state index is 13.0. The van der Waals surface area contributed by atoms with Crippen LogP contribution in [0.5, 0.6) is 0 Å². The van der Waals surface area contributed by atoms with Crippen molar-refractivity contribution in [1.29, 1.82) is 0 Å². The maximum absolute atomic E-state index is 13.0. The lowest BCUT2D eigenvalue weighted by molar-refractivity contribution is -0.137. The molecule has 0 aromatic heterocycles. The number of rotatable bonds is 3. The molecule has 0 spiro atoms. The molecular weight excluding hydrogens is 393 g/mol.